The summed E-state index contributed by atoms with van der Waals surface area (Å²) in [4.78, 5) is 0. The van der Waals surface area contributed by atoms with Crippen LogP contribution in [0.25, 0.3) is 0 Å². The van der Waals surface area contributed by atoms with E-state index in [2.05, 4.69) is 6.07 Å². The number of rotatable bonds is 2. The van der Waals surface area contributed by atoms with Gasteiger partial charge in [-0.3, -0.25) is 0 Å². The van der Waals surface area contributed by atoms with E-state index < -0.39 is 0 Å². The Bertz CT molecular complexity index is 361. The summed E-state index contributed by atoms with van der Waals surface area (Å²) in [6, 6.07) is 5.98. The van der Waals surface area contributed by atoms with Crippen LogP contribution in [0.15, 0.2) is 18.2 Å². The van der Waals surface area contributed by atoms with Gasteiger partial charge in [0.1, 0.15) is 0 Å². The van der Waals surface area contributed by atoms with Crippen LogP contribution in [0, 0.1) is 12.8 Å². The molecule has 1 fully saturated rings. The molecule has 16 heavy (non-hydrogen) atoms. The summed E-state index contributed by atoms with van der Waals surface area (Å²) in [5.74, 6) is 0.422. The average molecular weight is 240 g/mol. The van der Waals surface area contributed by atoms with E-state index in [1.807, 2.05) is 19.1 Å². The predicted octanol–water partition coefficient (Wildman–Crippen LogP) is 3.07. The molecule has 2 rings (SSSR count). The molecule has 1 aromatic rings. The molecule has 2 N–H and O–H groups in total. The third kappa shape index (κ3) is 2.40. The van der Waals surface area contributed by atoms with Crippen LogP contribution < -0.4 is 5.73 Å². The highest BCUT2D eigenvalue weighted by Crippen LogP contribution is 2.31. The Morgan fingerprint density at radius 2 is 2.31 bits per heavy atom. The number of benzene rings is 1. The third-order valence-corrected chi connectivity index (χ3v) is 3.78. The molecule has 1 aromatic carbocycles. The van der Waals surface area contributed by atoms with Gasteiger partial charge in [0.25, 0.3) is 0 Å². The highest BCUT2D eigenvalue weighted by atomic mass is 35.5. The fourth-order valence-electron chi connectivity index (χ4n) is 2.29. The van der Waals surface area contributed by atoms with Crippen LogP contribution >= 0.6 is 11.6 Å². The van der Waals surface area contributed by atoms with Gasteiger partial charge in [0.2, 0.25) is 0 Å². The Labute approximate surface area is 102 Å². The molecule has 3 heteroatoms. The van der Waals surface area contributed by atoms with Gasteiger partial charge in [-0.1, -0.05) is 23.7 Å². The normalized spacial score (nSPS) is 23.1. The maximum Gasteiger partial charge on any atom is 0.0512 e. The smallest absolute Gasteiger partial charge is 0.0512 e. The summed E-state index contributed by atoms with van der Waals surface area (Å²) in [5.41, 5.74) is 8.56. The van der Waals surface area contributed by atoms with E-state index >= 15 is 0 Å². The lowest BCUT2D eigenvalue weighted by atomic mass is 9.87. The van der Waals surface area contributed by atoms with Crippen LogP contribution in [0.1, 0.15) is 30.0 Å². The number of halogens is 1. The van der Waals surface area contributed by atoms with E-state index in [1.54, 1.807) is 0 Å². The van der Waals surface area contributed by atoms with Gasteiger partial charge in [0.05, 0.1) is 6.61 Å². The average Bonchev–Trinajstić information content (AvgIpc) is 2.33. The number of nitrogens with two attached hydrogens (primary N) is 1. The zero-order valence-corrected chi connectivity index (χ0v) is 10.3. The fraction of sp³-hybridized carbons (Fsp3) is 0.538. The second-order valence-corrected chi connectivity index (χ2v) is 4.86. The van der Waals surface area contributed by atoms with Gasteiger partial charge < -0.3 is 10.5 Å². The monoisotopic (exact) mass is 239 g/mol. The molecular formula is C13H18ClNO. The number of hydrogen-bond donors (Lipinski definition) is 1. The van der Waals surface area contributed by atoms with Gasteiger partial charge in [-0.2, -0.15) is 0 Å². The van der Waals surface area contributed by atoms with E-state index in [0.29, 0.717) is 5.92 Å². The van der Waals surface area contributed by atoms with E-state index in [1.165, 1.54) is 0 Å². The minimum Gasteiger partial charge on any atom is -0.381 e. The van der Waals surface area contributed by atoms with Crippen LogP contribution in [0.3, 0.4) is 0 Å². The van der Waals surface area contributed by atoms with Crippen molar-refractivity contribution in [1.29, 1.82) is 0 Å². The lowest BCUT2D eigenvalue weighted by molar-refractivity contribution is 0.0447. The van der Waals surface area contributed by atoms with Crippen molar-refractivity contribution in [2.45, 2.75) is 25.8 Å². The van der Waals surface area contributed by atoms with Crippen LogP contribution in [-0.2, 0) is 4.74 Å². The van der Waals surface area contributed by atoms with Crippen molar-refractivity contribution in [3.05, 3.63) is 34.3 Å². The molecular weight excluding hydrogens is 222 g/mol. The molecule has 1 aliphatic heterocycles. The van der Waals surface area contributed by atoms with E-state index in [-0.39, 0.29) is 6.04 Å². The van der Waals surface area contributed by atoms with Gasteiger partial charge in [-0.15, -0.1) is 0 Å². The summed E-state index contributed by atoms with van der Waals surface area (Å²) in [5, 5.41) is 0.796. The minimum atomic E-state index is 0.0407. The summed E-state index contributed by atoms with van der Waals surface area (Å²) < 4.78 is 5.48. The highest BCUT2D eigenvalue weighted by molar-refractivity contribution is 6.31. The van der Waals surface area contributed by atoms with E-state index in [4.69, 9.17) is 22.1 Å². The first-order valence-electron chi connectivity index (χ1n) is 5.78. The second-order valence-electron chi connectivity index (χ2n) is 4.46. The van der Waals surface area contributed by atoms with Crippen molar-refractivity contribution in [2.24, 2.45) is 11.7 Å². The molecule has 2 nitrogen and oxygen atoms in total. The Morgan fingerprint density at radius 1 is 1.50 bits per heavy atom. The van der Waals surface area contributed by atoms with Crippen molar-refractivity contribution < 1.29 is 4.74 Å². The third-order valence-electron chi connectivity index (χ3n) is 3.37. The number of hydrogen-bond acceptors (Lipinski definition) is 2. The maximum atomic E-state index is 6.30. The second kappa shape index (κ2) is 5.17. The van der Waals surface area contributed by atoms with Crippen LogP contribution in [0.2, 0.25) is 5.02 Å². The molecule has 88 valence electrons. The Morgan fingerprint density at radius 3 is 3.00 bits per heavy atom. The zero-order valence-electron chi connectivity index (χ0n) is 9.58. The van der Waals surface area contributed by atoms with Crippen LogP contribution in [0.5, 0.6) is 0 Å². The van der Waals surface area contributed by atoms with Crippen LogP contribution in [-0.4, -0.2) is 13.2 Å². The molecule has 2 atom stereocenters. The van der Waals surface area contributed by atoms with Gasteiger partial charge in [0, 0.05) is 23.6 Å². The Hall–Kier alpha value is -0.570. The van der Waals surface area contributed by atoms with Crippen molar-refractivity contribution in [2.75, 3.05) is 13.2 Å². The highest BCUT2D eigenvalue weighted by Gasteiger charge is 2.23. The van der Waals surface area contributed by atoms with Crippen molar-refractivity contribution in [3.63, 3.8) is 0 Å². The molecule has 1 saturated heterocycles. The van der Waals surface area contributed by atoms with Gasteiger partial charge in [-0.05, 0) is 37.0 Å². The van der Waals surface area contributed by atoms with E-state index in [0.717, 1.165) is 42.2 Å². The molecule has 0 bridgehead atoms. The first-order chi connectivity index (χ1) is 7.70. The van der Waals surface area contributed by atoms with Crippen molar-refractivity contribution >= 4 is 11.6 Å². The fourth-order valence-corrected chi connectivity index (χ4v) is 2.47. The van der Waals surface area contributed by atoms with E-state index in [9.17, 15) is 0 Å². The predicted molar refractivity (Wildman–Crippen MR) is 66.7 cm³/mol. The first kappa shape index (κ1) is 11.9. The topological polar surface area (TPSA) is 35.2 Å². The summed E-state index contributed by atoms with van der Waals surface area (Å²) in [7, 11) is 0. The SMILES string of the molecule is Cc1c(Cl)cccc1C(N)C1CCCOC1. The van der Waals surface area contributed by atoms with Gasteiger partial charge >= 0.3 is 0 Å². The standard InChI is InChI=1S/C13H18ClNO/c1-9-11(5-2-6-12(9)14)13(15)10-4-3-7-16-8-10/h2,5-6,10,13H,3-4,7-8,15H2,1H3. The maximum absolute atomic E-state index is 6.30. The molecule has 0 aromatic heterocycles. The lowest BCUT2D eigenvalue weighted by Crippen LogP contribution is -2.29. The van der Waals surface area contributed by atoms with Crippen molar-refractivity contribution in [1.82, 2.24) is 0 Å². The molecule has 0 amide bonds. The molecule has 1 heterocycles. The lowest BCUT2D eigenvalue weighted by Gasteiger charge is -2.28. The number of ether oxygens (including phenoxy) is 1. The van der Waals surface area contributed by atoms with Gasteiger partial charge in [0.15, 0.2) is 0 Å². The largest absolute Gasteiger partial charge is 0.381 e. The molecule has 2 unspecified atom stereocenters. The molecule has 1 aliphatic rings. The first-order valence-corrected chi connectivity index (χ1v) is 6.16. The Balaban J connectivity index is 2.19. The summed E-state index contributed by atoms with van der Waals surface area (Å²) in [6.07, 6.45) is 2.26. The molecule has 0 aliphatic carbocycles. The summed E-state index contributed by atoms with van der Waals surface area (Å²) >= 11 is 6.11. The molecule has 0 saturated carbocycles. The molecule has 0 radical (unpaired) electrons. The minimum absolute atomic E-state index is 0.0407. The van der Waals surface area contributed by atoms with Gasteiger partial charge in [-0.25, -0.2) is 0 Å². The zero-order chi connectivity index (χ0) is 11.5. The van der Waals surface area contributed by atoms with Crippen molar-refractivity contribution in [3.8, 4) is 0 Å². The molecule has 0 spiro atoms. The summed E-state index contributed by atoms with van der Waals surface area (Å²) in [6.45, 7) is 3.67. The quantitative estimate of drug-likeness (QED) is 0.861. The van der Waals surface area contributed by atoms with Crippen LogP contribution in [0.4, 0.5) is 0 Å². The Kier molecular flexibility index (Phi) is 3.85.